The van der Waals surface area contributed by atoms with Crippen LogP contribution >= 0.6 is 0 Å². The molecule has 0 saturated heterocycles. The quantitative estimate of drug-likeness (QED) is 0.670. The number of nitrogens with zero attached hydrogens (tertiary/aromatic N) is 3. The average Bonchev–Trinajstić information content (AvgIpc) is 3.00. The van der Waals surface area contributed by atoms with Crippen LogP contribution in [0.1, 0.15) is 23.0 Å². The van der Waals surface area contributed by atoms with Gasteiger partial charge in [-0.3, -0.25) is 4.79 Å². The Balaban J connectivity index is 2.21. The molecule has 0 saturated carbocycles. The molecule has 0 radical (unpaired) electrons. The minimum Gasteiger partial charge on any atom is -0.307 e. The Kier molecular flexibility index (Phi) is 6.70. The smallest absolute Gasteiger partial charge is 0.256 e. The predicted molar refractivity (Wildman–Crippen MR) is 106 cm³/mol. The van der Waals surface area contributed by atoms with E-state index in [2.05, 4.69) is 23.6 Å². The molecule has 1 aromatic heterocycles. The van der Waals surface area contributed by atoms with Gasteiger partial charge in [-0.05, 0) is 38.1 Å². The summed E-state index contributed by atoms with van der Waals surface area (Å²) in [5.41, 5.74) is 1.16. The summed E-state index contributed by atoms with van der Waals surface area (Å²) in [4.78, 5) is 12.6. The maximum atomic E-state index is 12.7. The first-order valence-corrected chi connectivity index (χ1v) is 9.95. The van der Waals surface area contributed by atoms with E-state index in [1.807, 2.05) is 13.8 Å². The zero-order valence-electron chi connectivity index (χ0n) is 15.6. The second kappa shape index (κ2) is 8.79. The van der Waals surface area contributed by atoms with Gasteiger partial charge in [0.1, 0.15) is 5.82 Å². The van der Waals surface area contributed by atoms with Crippen LogP contribution < -0.4 is 5.32 Å². The lowest BCUT2D eigenvalue weighted by atomic mass is 10.2. The van der Waals surface area contributed by atoms with E-state index in [4.69, 9.17) is 0 Å². The summed E-state index contributed by atoms with van der Waals surface area (Å²) in [7, 11) is -3.69. The van der Waals surface area contributed by atoms with Gasteiger partial charge in [0.15, 0.2) is 0 Å². The Hall–Kier alpha value is -2.71. The predicted octanol–water partition coefficient (Wildman–Crippen LogP) is 2.83. The number of rotatable bonds is 9. The minimum absolute atomic E-state index is 0.109. The second-order valence-corrected chi connectivity index (χ2v) is 7.80. The number of aromatic nitrogens is 2. The van der Waals surface area contributed by atoms with Crippen LogP contribution in [0.5, 0.6) is 0 Å². The Morgan fingerprint density at radius 3 is 2.33 bits per heavy atom. The van der Waals surface area contributed by atoms with Crippen LogP contribution in [0.3, 0.4) is 0 Å². The van der Waals surface area contributed by atoms with Crippen molar-refractivity contribution in [3.8, 4) is 0 Å². The van der Waals surface area contributed by atoms with Crippen molar-refractivity contribution in [1.82, 2.24) is 14.1 Å². The SMILES string of the molecule is C=CCN(CC=C)S(=O)(=O)c1ccc(C(=O)Nc2cc(C)nn2CC)cc1. The van der Waals surface area contributed by atoms with Crippen molar-refractivity contribution in [2.45, 2.75) is 25.3 Å². The van der Waals surface area contributed by atoms with Crippen LogP contribution in [0.4, 0.5) is 5.82 Å². The lowest BCUT2D eigenvalue weighted by molar-refractivity contribution is 0.102. The molecule has 0 unspecified atom stereocenters. The average molecular weight is 388 g/mol. The molecule has 0 aliphatic carbocycles. The number of anilines is 1. The molecule has 2 aromatic rings. The Morgan fingerprint density at radius 2 is 1.81 bits per heavy atom. The third-order valence-corrected chi connectivity index (χ3v) is 5.71. The van der Waals surface area contributed by atoms with E-state index >= 15 is 0 Å². The molecule has 0 bridgehead atoms. The zero-order valence-corrected chi connectivity index (χ0v) is 16.4. The van der Waals surface area contributed by atoms with Gasteiger partial charge < -0.3 is 5.32 Å². The van der Waals surface area contributed by atoms with E-state index in [1.54, 1.807) is 10.7 Å². The molecule has 0 spiro atoms. The van der Waals surface area contributed by atoms with Crippen molar-refractivity contribution >= 4 is 21.7 Å². The maximum Gasteiger partial charge on any atom is 0.256 e. The zero-order chi connectivity index (χ0) is 20.0. The van der Waals surface area contributed by atoms with Gasteiger partial charge in [-0.1, -0.05) is 12.2 Å². The fraction of sp³-hybridized carbons (Fsp3) is 0.263. The topological polar surface area (TPSA) is 84.3 Å². The van der Waals surface area contributed by atoms with Gasteiger partial charge in [0, 0.05) is 31.3 Å². The van der Waals surface area contributed by atoms with E-state index in [0.29, 0.717) is 17.9 Å². The van der Waals surface area contributed by atoms with Crippen LogP contribution in [0.25, 0.3) is 0 Å². The van der Waals surface area contributed by atoms with Gasteiger partial charge in [-0.2, -0.15) is 9.40 Å². The number of carbonyl (C=O) groups excluding carboxylic acids is 1. The molecule has 2 rings (SSSR count). The molecular weight excluding hydrogens is 364 g/mol. The summed E-state index contributed by atoms with van der Waals surface area (Å²) < 4.78 is 28.3. The minimum atomic E-state index is -3.69. The molecule has 7 nitrogen and oxygen atoms in total. The van der Waals surface area contributed by atoms with Gasteiger partial charge in [-0.15, -0.1) is 13.2 Å². The summed E-state index contributed by atoms with van der Waals surface area (Å²) >= 11 is 0. The molecular formula is C19H24N4O3S. The van der Waals surface area contributed by atoms with Gasteiger partial charge in [0.25, 0.3) is 5.91 Å². The van der Waals surface area contributed by atoms with E-state index < -0.39 is 10.0 Å². The second-order valence-electron chi connectivity index (χ2n) is 5.86. The summed E-state index contributed by atoms with van der Waals surface area (Å²) in [6.45, 7) is 11.9. The number of nitrogens with one attached hydrogen (secondary N) is 1. The number of hydrogen-bond acceptors (Lipinski definition) is 4. The lowest BCUT2D eigenvalue weighted by Gasteiger charge is -2.19. The molecule has 144 valence electrons. The van der Waals surface area contributed by atoms with Crippen LogP contribution in [0, 0.1) is 6.92 Å². The van der Waals surface area contributed by atoms with Crippen LogP contribution in [0.15, 0.2) is 60.5 Å². The Labute approximate surface area is 160 Å². The molecule has 0 aliphatic heterocycles. The summed E-state index contributed by atoms with van der Waals surface area (Å²) in [5, 5.41) is 7.07. The molecule has 0 atom stereocenters. The van der Waals surface area contributed by atoms with Crippen LogP contribution in [-0.4, -0.2) is 41.5 Å². The third-order valence-electron chi connectivity index (χ3n) is 3.86. The molecule has 1 aromatic carbocycles. The van der Waals surface area contributed by atoms with Gasteiger partial charge >= 0.3 is 0 Å². The monoisotopic (exact) mass is 388 g/mol. The summed E-state index contributed by atoms with van der Waals surface area (Å²) in [5.74, 6) is 0.266. The Morgan fingerprint density at radius 1 is 1.22 bits per heavy atom. The molecule has 1 N–H and O–H groups in total. The fourth-order valence-corrected chi connectivity index (χ4v) is 3.94. The van der Waals surface area contributed by atoms with E-state index in [0.717, 1.165) is 5.69 Å². The van der Waals surface area contributed by atoms with Crippen molar-refractivity contribution < 1.29 is 13.2 Å². The number of carbonyl (C=O) groups is 1. The number of aryl methyl sites for hydroxylation is 2. The normalized spacial score (nSPS) is 11.4. The van der Waals surface area contributed by atoms with Crippen molar-refractivity contribution in [2.24, 2.45) is 0 Å². The van der Waals surface area contributed by atoms with Crippen LogP contribution in [-0.2, 0) is 16.6 Å². The number of sulfonamides is 1. The molecule has 1 heterocycles. The standard InChI is InChI=1S/C19H24N4O3S/c1-5-12-22(13-6-2)27(25,26)17-10-8-16(9-11-17)19(24)20-18-14-15(4)21-23(18)7-3/h5-6,8-11,14H,1-2,7,12-13H2,3-4H3,(H,20,24). The maximum absolute atomic E-state index is 12.7. The molecule has 8 heteroatoms. The van der Waals surface area contributed by atoms with E-state index in [-0.39, 0.29) is 23.9 Å². The highest BCUT2D eigenvalue weighted by Gasteiger charge is 2.22. The lowest BCUT2D eigenvalue weighted by Crippen LogP contribution is -2.31. The molecule has 1 amide bonds. The number of hydrogen-bond donors (Lipinski definition) is 1. The highest BCUT2D eigenvalue weighted by Crippen LogP contribution is 2.18. The number of benzene rings is 1. The first-order chi connectivity index (χ1) is 12.8. The van der Waals surface area contributed by atoms with Crippen molar-refractivity contribution in [2.75, 3.05) is 18.4 Å². The number of amides is 1. The largest absolute Gasteiger partial charge is 0.307 e. The Bertz CT molecular complexity index is 920. The van der Waals surface area contributed by atoms with Crippen molar-refractivity contribution in [1.29, 1.82) is 0 Å². The first kappa shape index (κ1) is 20.6. The fourth-order valence-electron chi connectivity index (χ4n) is 2.56. The van der Waals surface area contributed by atoms with E-state index in [1.165, 1.54) is 40.7 Å². The summed E-state index contributed by atoms with van der Waals surface area (Å²) in [6, 6.07) is 7.60. The van der Waals surface area contributed by atoms with Gasteiger partial charge in [-0.25, -0.2) is 13.1 Å². The molecule has 27 heavy (non-hydrogen) atoms. The van der Waals surface area contributed by atoms with E-state index in [9.17, 15) is 13.2 Å². The van der Waals surface area contributed by atoms with Gasteiger partial charge in [0.05, 0.1) is 10.6 Å². The first-order valence-electron chi connectivity index (χ1n) is 8.51. The molecule has 0 fully saturated rings. The van der Waals surface area contributed by atoms with Crippen molar-refractivity contribution in [3.05, 3.63) is 66.9 Å². The van der Waals surface area contributed by atoms with Crippen LogP contribution in [0.2, 0.25) is 0 Å². The highest BCUT2D eigenvalue weighted by atomic mass is 32.2. The summed E-state index contributed by atoms with van der Waals surface area (Å²) in [6.07, 6.45) is 3.03. The van der Waals surface area contributed by atoms with Crippen molar-refractivity contribution in [3.63, 3.8) is 0 Å². The molecule has 0 aliphatic rings. The van der Waals surface area contributed by atoms with Gasteiger partial charge in [0.2, 0.25) is 10.0 Å². The highest BCUT2D eigenvalue weighted by molar-refractivity contribution is 7.89. The third kappa shape index (κ3) is 4.72.